The maximum absolute atomic E-state index is 12.2. The van der Waals surface area contributed by atoms with Gasteiger partial charge in [-0.1, -0.05) is 12.1 Å². The molecule has 233 valence electrons. The van der Waals surface area contributed by atoms with Crippen molar-refractivity contribution in [3.05, 3.63) is 67.8 Å². The quantitative estimate of drug-likeness (QED) is 0.267. The molecule has 0 saturated carbocycles. The van der Waals surface area contributed by atoms with Gasteiger partial charge in [-0.25, -0.2) is 0 Å². The number of nitro benzene ring substituents is 2. The summed E-state index contributed by atoms with van der Waals surface area (Å²) in [4.78, 5) is 40.9. The standard InChI is InChI=1S/C13H17N3O3.C13H19N3O2.C4H8O.B/c1-14(2)9-13(17)15-7-3-4-10-5-6-11(16(18)19)8-12(10)15;1-14(2)8-9-15-7-3-4-11-5-6-12(16(17)18)10-13(11)15;1-2-4-5-3-1;/h5-6,8H,3-4,7,9H2,1-2H3;5-6,10H,3-4,7-9H2,1-2H3;1-4H2;. The molecule has 0 atom stereocenters. The van der Waals surface area contributed by atoms with Crippen molar-refractivity contribution in [2.24, 2.45) is 0 Å². The predicted molar refractivity (Wildman–Crippen MR) is 170 cm³/mol. The molecule has 2 aromatic carbocycles. The summed E-state index contributed by atoms with van der Waals surface area (Å²) in [5.74, 6) is -0.0218. The number of hydrogen-bond acceptors (Lipinski definition) is 9. The van der Waals surface area contributed by atoms with E-state index in [0.717, 1.165) is 69.8 Å². The van der Waals surface area contributed by atoms with E-state index in [1.165, 1.54) is 30.5 Å². The zero-order chi connectivity index (χ0) is 30.6. The number of non-ortho nitro benzene ring substituents is 2. The van der Waals surface area contributed by atoms with Crippen molar-refractivity contribution < 1.29 is 19.4 Å². The second-order valence-corrected chi connectivity index (χ2v) is 11.2. The van der Waals surface area contributed by atoms with Gasteiger partial charge < -0.3 is 24.3 Å². The highest BCUT2D eigenvalue weighted by molar-refractivity contribution is 5.96. The van der Waals surface area contributed by atoms with Gasteiger partial charge in [-0.15, -0.1) is 0 Å². The average Bonchev–Trinajstić information content (AvgIpc) is 3.55. The summed E-state index contributed by atoms with van der Waals surface area (Å²) in [5.41, 5.74) is 4.17. The number of carbonyl (C=O) groups excluding carboxylic acids is 1. The van der Waals surface area contributed by atoms with Crippen molar-refractivity contribution >= 4 is 37.1 Å². The van der Waals surface area contributed by atoms with Crippen molar-refractivity contribution in [2.75, 3.05) is 83.9 Å². The molecular weight excluding hydrogens is 551 g/mol. The molecular formula is C30H44BN6O6. The Kier molecular flexibility index (Phi) is 14.5. The van der Waals surface area contributed by atoms with Gasteiger partial charge in [0.2, 0.25) is 5.91 Å². The van der Waals surface area contributed by atoms with E-state index >= 15 is 0 Å². The lowest BCUT2D eigenvalue weighted by molar-refractivity contribution is -0.385. The molecule has 3 heterocycles. The first-order chi connectivity index (χ1) is 20.1. The fourth-order valence-corrected chi connectivity index (χ4v) is 5.11. The molecule has 0 aliphatic carbocycles. The van der Waals surface area contributed by atoms with Gasteiger partial charge in [0, 0.05) is 77.8 Å². The van der Waals surface area contributed by atoms with Crippen LogP contribution in [0.25, 0.3) is 0 Å². The molecule has 0 N–H and O–H groups in total. The number of carbonyl (C=O) groups is 1. The van der Waals surface area contributed by atoms with Crippen LogP contribution in [0.4, 0.5) is 22.7 Å². The Morgan fingerprint density at radius 1 is 0.814 bits per heavy atom. The summed E-state index contributed by atoms with van der Waals surface area (Å²) in [5, 5.41) is 21.7. The van der Waals surface area contributed by atoms with Gasteiger partial charge in [0.25, 0.3) is 11.4 Å². The minimum Gasteiger partial charge on any atom is -0.381 e. The number of benzene rings is 2. The van der Waals surface area contributed by atoms with Gasteiger partial charge in [0.1, 0.15) is 0 Å². The fraction of sp³-hybridized carbons (Fsp3) is 0.567. The Bertz CT molecular complexity index is 1220. The maximum Gasteiger partial charge on any atom is 0.271 e. The Balaban J connectivity index is 0.000000253. The Morgan fingerprint density at radius 2 is 1.35 bits per heavy atom. The van der Waals surface area contributed by atoms with Gasteiger partial charge in [-0.05, 0) is 77.8 Å². The highest BCUT2D eigenvalue weighted by Crippen LogP contribution is 2.32. The maximum atomic E-state index is 12.2. The van der Waals surface area contributed by atoms with Gasteiger partial charge in [-0.2, -0.15) is 0 Å². The minimum atomic E-state index is -0.427. The zero-order valence-electron chi connectivity index (χ0n) is 25.9. The molecule has 12 nitrogen and oxygen atoms in total. The predicted octanol–water partition coefficient (Wildman–Crippen LogP) is 3.76. The topological polar surface area (TPSA) is 126 Å². The van der Waals surface area contributed by atoms with E-state index in [2.05, 4.69) is 9.80 Å². The van der Waals surface area contributed by atoms with Crippen molar-refractivity contribution in [1.29, 1.82) is 0 Å². The van der Waals surface area contributed by atoms with Crippen molar-refractivity contribution in [3.63, 3.8) is 0 Å². The Hall–Kier alpha value is -3.55. The van der Waals surface area contributed by atoms with Gasteiger partial charge in [-0.3, -0.25) is 25.0 Å². The van der Waals surface area contributed by atoms with Gasteiger partial charge in [0.15, 0.2) is 0 Å². The first-order valence-electron chi connectivity index (χ1n) is 14.5. The lowest BCUT2D eigenvalue weighted by Crippen LogP contribution is -2.40. The Labute approximate surface area is 256 Å². The van der Waals surface area contributed by atoms with E-state index in [0.29, 0.717) is 18.8 Å². The van der Waals surface area contributed by atoms with E-state index in [-0.39, 0.29) is 30.6 Å². The Morgan fingerprint density at radius 3 is 1.84 bits per heavy atom. The number of anilines is 2. The van der Waals surface area contributed by atoms with E-state index in [1.807, 2.05) is 34.3 Å². The highest BCUT2D eigenvalue weighted by atomic mass is 16.6. The van der Waals surface area contributed by atoms with Gasteiger partial charge >= 0.3 is 0 Å². The van der Waals surface area contributed by atoms with Crippen LogP contribution in [0.5, 0.6) is 0 Å². The summed E-state index contributed by atoms with van der Waals surface area (Å²) in [7, 11) is 7.74. The third kappa shape index (κ3) is 10.9. The van der Waals surface area contributed by atoms with Crippen LogP contribution in [0.15, 0.2) is 36.4 Å². The summed E-state index contributed by atoms with van der Waals surface area (Å²) in [6.07, 6.45) is 6.45. The smallest absolute Gasteiger partial charge is 0.271 e. The van der Waals surface area contributed by atoms with E-state index in [9.17, 15) is 25.0 Å². The van der Waals surface area contributed by atoms with Crippen LogP contribution in [0, 0.1) is 20.2 Å². The number of likely N-dealkylation sites (N-methyl/N-ethyl adjacent to an activating group) is 2. The third-order valence-corrected chi connectivity index (χ3v) is 7.29. The molecule has 3 radical (unpaired) electrons. The number of nitro groups is 2. The second-order valence-electron chi connectivity index (χ2n) is 11.2. The minimum absolute atomic E-state index is 0. The van der Waals surface area contributed by atoms with Crippen LogP contribution >= 0.6 is 0 Å². The summed E-state index contributed by atoms with van der Waals surface area (Å²) in [6.45, 7) is 5.80. The summed E-state index contributed by atoms with van der Waals surface area (Å²) >= 11 is 0. The average molecular weight is 596 g/mol. The summed E-state index contributed by atoms with van der Waals surface area (Å²) < 4.78 is 4.94. The SMILES string of the molecule is C1CCOC1.CN(C)CC(=O)N1CCCc2ccc([N+](=O)[O-])cc21.CN(C)CCN1CCCc2ccc([N+](=O)[O-])cc21.[B]. The van der Waals surface area contributed by atoms with Gasteiger partial charge in [0.05, 0.1) is 22.1 Å². The molecule has 3 aliphatic rings. The number of fused-ring (bicyclic) bond motifs is 2. The second kappa shape index (κ2) is 17.5. The molecule has 1 fully saturated rings. The van der Waals surface area contributed by atoms with E-state index in [4.69, 9.17) is 4.74 Å². The number of hydrogen-bond donors (Lipinski definition) is 0. The van der Waals surface area contributed by atoms with Crippen LogP contribution in [-0.4, -0.2) is 108 Å². The zero-order valence-corrected chi connectivity index (χ0v) is 25.9. The monoisotopic (exact) mass is 595 g/mol. The van der Waals surface area contributed by atoms with E-state index in [1.54, 1.807) is 28.0 Å². The van der Waals surface area contributed by atoms with Crippen molar-refractivity contribution in [2.45, 2.75) is 38.5 Å². The molecule has 0 bridgehead atoms. The van der Waals surface area contributed by atoms with E-state index < -0.39 is 4.92 Å². The molecule has 3 aliphatic heterocycles. The largest absolute Gasteiger partial charge is 0.381 e. The molecule has 13 heteroatoms. The molecule has 0 unspecified atom stereocenters. The van der Waals surface area contributed by atoms with Crippen LogP contribution in [0.1, 0.15) is 36.8 Å². The molecule has 0 aromatic heterocycles. The van der Waals surface area contributed by atoms with Crippen molar-refractivity contribution in [1.82, 2.24) is 9.80 Å². The number of aryl methyl sites for hydroxylation is 2. The first-order valence-corrected chi connectivity index (χ1v) is 14.5. The normalized spacial score (nSPS) is 15.3. The molecule has 1 saturated heterocycles. The van der Waals surface area contributed by atoms with Crippen LogP contribution in [-0.2, 0) is 22.4 Å². The molecule has 2 aromatic rings. The molecule has 43 heavy (non-hydrogen) atoms. The fourth-order valence-electron chi connectivity index (χ4n) is 5.11. The number of nitrogens with zero attached hydrogens (tertiary/aromatic N) is 6. The first kappa shape index (κ1) is 35.7. The molecule has 1 amide bonds. The number of amides is 1. The van der Waals surface area contributed by atoms with Crippen molar-refractivity contribution in [3.8, 4) is 0 Å². The van der Waals surface area contributed by atoms with Crippen LogP contribution < -0.4 is 9.80 Å². The van der Waals surface area contributed by atoms with Crippen LogP contribution in [0.3, 0.4) is 0 Å². The number of ether oxygens (including phenoxy) is 1. The highest BCUT2D eigenvalue weighted by Gasteiger charge is 2.25. The summed E-state index contributed by atoms with van der Waals surface area (Å²) in [6, 6.07) is 9.97. The molecule has 5 rings (SSSR count). The van der Waals surface area contributed by atoms with Crippen LogP contribution in [0.2, 0.25) is 0 Å². The lowest BCUT2D eigenvalue weighted by atomic mass is 10.0. The lowest BCUT2D eigenvalue weighted by Gasteiger charge is -2.32. The third-order valence-electron chi connectivity index (χ3n) is 7.29. The number of rotatable bonds is 7. The molecule has 0 spiro atoms.